The van der Waals surface area contributed by atoms with Gasteiger partial charge in [-0.3, -0.25) is 9.69 Å². The minimum atomic E-state index is 0.206. The molecule has 0 saturated carbocycles. The molecular weight excluding hydrogens is 206 g/mol. The second-order valence-electron chi connectivity index (χ2n) is 4.73. The van der Waals surface area contributed by atoms with Crippen LogP contribution in [0.1, 0.15) is 6.42 Å². The van der Waals surface area contributed by atoms with Gasteiger partial charge in [0.1, 0.15) is 0 Å². The van der Waals surface area contributed by atoms with Gasteiger partial charge >= 0.3 is 0 Å². The number of carbonyl (C=O) groups is 1. The lowest BCUT2D eigenvalue weighted by molar-refractivity contribution is -0.139. The summed E-state index contributed by atoms with van der Waals surface area (Å²) in [7, 11) is 0. The summed E-state index contributed by atoms with van der Waals surface area (Å²) in [5.74, 6) is 0.529. The summed E-state index contributed by atoms with van der Waals surface area (Å²) in [5.41, 5.74) is 0. The highest BCUT2D eigenvalue weighted by Crippen LogP contribution is 2.14. The predicted octanol–water partition coefficient (Wildman–Crippen LogP) is -1.27. The van der Waals surface area contributed by atoms with Gasteiger partial charge in [0.15, 0.2) is 0 Å². The molecule has 0 aliphatic carbocycles. The molecule has 0 atom stereocenters. The highest BCUT2D eigenvalue weighted by Gasteiger charge is 2.30. The molecule has 2 rings (SSSR count). The number of aliphatic hydroxyl groups excluding tert-OH is 1. The van der Waals surface area contributed by atoms with E-state index in [2.05, 4.69) is 10.2 Å². The molecule has 92 valence electrons. The molecule has 16 heavy (non-hydrogen) atoms. The van der Waals surface area contributed by atoms with Crippen LogP contribution < -0.4 is 5.32 Å². The van der Waals surface area contributed by atoms with E-state index in [1.54, 1.807) is 0 Å². The van der Waals surface area contributed by atoms with E-state index in [-0.39, 0.29) is 12.5 Å². The minimum Gasteiger partial charge on any atom is -0.396 e. The van der Waals surface area contributed by atoms with Crippen LogP contribution >= 0.6 is 0 Å². The largest absolute Gasteiger partial charge is 0.396 e. The van der Waals surface area contributed by atoms with Crippen LogP contribution in [0.3, 0.4) is 0 Å². The Bertz CT molecular complexity index is 233. The van der Waals surface area contributed by atoms with Gasteiger partial charge in [0.05, 0.1) is 6.54 Å². The van der Waals surface area contributed by atoms with E-state index in [9.17, 15) is 4.79 Å². The molecule has 0 aromatic rings. The molecule has 0 spiro atoms. The fourth-order valence-corrected chi connectivity index (χ4v) is 2.24. The van der Waals surface area contributed by atoms with Gasteiger partial charge < -0.3 is 15.3 Å². The SMILES string of the molecule is O=C(CN1CCCNCC1)N1CC(CO)C1. The first-order chi connectivity index (χ1) is 7.79. The average Bonchev–Trinajstić information content (AvgIpc) is 2.44. The summed E-state index contributed by atoms with van der Waals surface area (Å²) in [6, 6.07) is 0. The Morgan fingerprint density at radius 3 is 2.88 bits per heavy atom. The van der Waals surface area contributed by atoms with Gasteiger partial charge in [-0.2, -0.15) is 0 Å². The van der Waals surface area contributed by atoms with Gasteiger partial charge in [-0.1, -0.05) is 0 Å². The van der Waals surface area contributed by atoms with Crippen molar-refractivity contribution in [3.63, 3.8) is 0 Å². The Kier molecular flexibility index (Phi) is 4.15. The van der Waals surface area contributed by atoms with Gasteiger partial charge in [-0.15, -0.1) is 0 Å². The first-order valence-electron chi connectivity index (χ1n) is 6.11. The zero-order chi connectivity index (χ0) is 11.4. The van der Waals surface area contributed by atoms with Crippen molar-refractivity contribution in [3.05, 3.63) is 0 Å². The number of likely N-dealkylation sites (tertiary alicyclic amines) is 1. The maximum absolute atomic E-state index is 11.8. The number of nitrogens with zero attached hydrogens (tertiary/aromatic N) is 2. The van der Waals surface area contributed by atoms with Crippen molar-refractivity contribution in [2.45, 2.75) is 6.42 Å². The Labute approximate surface area is 96.4 Å². The van der Waals surface area contributed by atoms with Gasteiger partial charge in [0.25, 0.3) is 0 Å². The summed E-state index contributed by atoms with van der Waals surface area (Å²) in [6.07, 6.45) is 1.12. The van der Waals surface area contributed by atoms with Crippen molar-refractivity contribution in [3.8, 4) is 0 Å². The summed E-state index contributed by atoms with van der Waals surface area (Å²) >= 11 is 0. The Morgan fingerprint density at radius 2 is 2.12 bits per heavy atom. The van der Waals surface area contributed by atoms with E-state index in [0.717, 1.165) is 45.7 Å². The van der Waals surface area contributed by atoms with E-state index in [1.165, 1.54) is 0 Å². The molecule has 2 saturated heterocycles. The Hall–Kier alpha value is -0.650. The monoisotopic (exact) mass is 227 g/mol. The average molecular weight is 227 g/mol. The van der Waals surface area contributed by atoms with Crippen LogP contribution in [0.15, 0.2) is 0 Å². The molecule has 0 radical (unpaired) electrons. The first kappa shape index (κ1) is 11.8. The van der Waals surface area contributed by atoms with Crippen LogP contribution in [0.4, 0.5) is 0 Å². The van der Waals surface area contributed by atoms with Gasteiger partial charge in [0.2, 0.25) is 5.91 Å². The lowest BCUT2D eigenvalue weighted by Gasteiger charge is -2.39. The normalized spacial score (nSPS) is 23.9. The number of amides is 1. The van der Waals surface area contributed by atoms with Gasteiger partial charge in [-0.05, 0) is 19.5 Å². The van der Waals surface area contributed by atoms with E-state index >= 15 is 0 Å². The molecule has 2 aliphatic rings. The number of hydrogen-bond acceptors (Lipinski definition) is 4. The molecule has 2 aliphatic heterocycles. The third kappa shape index (κ3) is 2.93. The summed E-state index contributed by atoms with van der Waals surface area (Å²) in [5, 5.41) is 12.2. The maximum Gasteiger partial charge on any atom is 0.236 e. The van der Waals surface area contributed by atoms with Crippen LogP contribution in [0.2, 0.25) is 0 Å². The summed E-state index contributed by atoms with van der Waals surface area (Å²) in [6.45, 7) is 6.23. The van der Waals surface area contributed by atoms with E-state index in [4.69, 9.17) is 5.11 Å². The van der Waals surface area contributed by atoms with Crippen LogP contribution in [0, 0.1) is 5.92 Å². The second kappa shape index (κ2) is 5.61. The molecule has 5 heteroatoms. The predicted molar refractivity (Wildman–Crippen MR) is 61.1 cm³/mol. The lowest BCUT2D eigenvalue weighted by atomic mass is 10.0. The number of nitrogens with one attached hydrogen (secondary N) is 1. The molecule has 5 nitrogen and oxygen atoms in total. The molecule has 2 N–H and O–H groups in total. The highest BCUT2D eigenvalue weighted by molar-refractivity contribution is 5.79. The molecular formula is C11H21N3O2. The molecule has 1 amide bonds. The molecule has 2 heterocycles. The Balaban J connectivity index is 1.70. The van der Waals surface area contributed by atoms with E-state index < -0.39 is 0 Å². The highest BCUT2D eigenvalue weighted by atomic mass is 16.3. The number of hydrogen-bond donors (Lipinski definition) is 2. The minimum absolute atomic E-state index is 0.206. The van der Waals surface area contributed by atoms with Crippen molar-refractivity contribution in [2.75, 3.05) is 52.4 Å². The molecule has 0 aromatic heterocycles. The van der Waals surface area contributed by atoms with Crippen LogP contribution in [-0.4, -0.2) is 73.2 Å². The number of rotatable bonds is 3. The second-order valence-corrected chi connectivity index (χ2v) is 4.73. The van der Waals surface area contributed by atoms with Crippen molar-refractivity contribution >= 4 is 5.91 Å². The lowest BCUT2D eigenvalue weighted by Crippen LogP contribution is -2.54. The zero-order valence-electron chi connectivity index (χ0n) is 9.69. The zero-order valence-corrected chi connectivity index (χ0v) is 9.69. The molecule has 2 fully saturated rings. The topological polar surface area (TPSA) is 55.8 Å². The first-order valence-corrected chi connectivity index (χ1v) is 6.11. The van der Waals surface area contributed by atoms with Gasteiger partial charge in [0, 0.05) is 38.7 Å². The Morgan fingerprint density at radius 1 is 1.31 bits per heavy atom. The fraction of sp³-hybridized carbons (Fsp3) is 0.909. The van der Waals surface area contributed by atoms with Crippen molar-refractivity contribution in [1.82, 2.24) is 15.1 Å². The maximum atomic E-state index is 11.8. The van der Waals surface area contributed by atoms with Crippen molar-refractivity contribution < 1.29 is 9.90 Å². The summed E-state index contributed by atoms with van der Waals surface area (Å²) < 4.78 is 0. The van der Waals surface area contributed by atoms with Crippen LogP contribution in [0.5, 0.6) is 0 Å². The van der Waals surface area contributed by atoms with E-state index in [1.807, 2.05) is 4.90 Å². The van der Waals surface area contributed by atoms with Crippen molar-refractivity contribution in [1.29, 1.82) is 0 Å². The standard InChI is InChI=1S/C11H21N3O2/c15-9-10-6-14(7-10)11(16)8-13-4-1-2-12-3-5-13/h10,12,15H,1-9H2. The third-order valence-corrected chi connectivity index (χ3v) is 3.36. The van der Waals surface area contributed by atoms with E-state index in [0.29, 0.717) is 12.5 Å². The number of carbonyl (C=O) groups excluding carboxylic acids is 1. The fourth-order valence-electron chi connectivity index (χ4n) is 2.24. The smallest absolute Gasteiger partial charge is 0.236 e. The number of aliphatic hydroxyl groups is 1. The van der Waals surface area contributed by atoms with Gasteiger partial charge in [-0.25, -0.2) is 0 Å². The van der Waals surface area contributed by atoms with Crippen LogP contribution in [0.25, 0.3) is 0 Å². The quantitative estimate of drug-likeness (QED) is 0.631. The van der Waals surface area contributed by atoms with Crippen molar-refractivity contribution in [2.24, 2.45) is 5.92 Å². The molecule has 0 aromatic carbocycles. The molecule has 0 unspecified atom stereocenters. The molecule has 0 bridgehead atoms. The van der Waals surface area contributed by atoms with Crippen LogP contribution in [-0.2, 0) is 4.79 Å². The summed E-state index contributed by atoms with van der Waals surface area (Å²) in [4.78, 5) is 15.9. The third-order valence-electron chi connectivity index (χ3n) is 3.36.